The lowest BCUT2D eigenvalue weighted by Gasteiger charge is -2.12. The molecule has 2 rings (SSSR count). The molecule has 0 amide bonds. The molecule has 212 valence electrons. The fraction of sp³-hybridized carbons (Fsp3) is 0.300. The van der Waals surface area contributed by atoms with Gasteiger partial charge in [0.2, 0.25) is 20.0 Å². The summed E-state index contributed by atoms with van der Waals surface area (Å²) in [5.41, 5.74) is 0. The van der Waals surface area contributed by atoms with Gasteiger partial charge in [0.25, 0.3) is 0 Å². The van der Waals surface area contributed by atoms with Crippen LogP contribution in [0.15, 0.2) is 58.3 Å². The minimum absolute atomic E-state index is 0.240. The maximum atomic E-state index is 12.0. The number of ether oxygens (including phenoxy) is 2. The second-order valence-electron chi connectivity index (χ2n) is 7.03. The molecule has 2 aromatic carbocycles. The van der Waals surface area contributed by atoms with E-state index in [0.29, 0.717) is 0 Å². The third-order valence-corrected chi connectivity index (χ3v) is 12.1. The molecule has 0 heterocycles. The summed E-state index contributed by atoms with van der Waals surface area (Å²) in [7, 11) is -5.95. The Morgan fingerprint density at radius 3 is 1.21 bits per heavy atom. The normalized spacial score (nSPS) is 13.2. The van der Waals surface area contributed by atoms with Crippen molar-refractivity contribution in [3.8, 4) is 0 Å². The number of methoxy groups -OCH3 is 2. The van der Waals surface area contributed by atoms with E-state index in [1.807, 2.05) is 0 Å². The van der Waals surface area contributed by atoms with Crippen molar-refractivity contribution < 1.29 is 48.2 Å². The van der Waals surface area contributed by atoms with Gasteiger partial charge in [0.1, 0.15) is 21.9 Å². The second kappa shape index (κ2) is 14.9. The van der Waals surface area contributed by atoms with Crippen molar-refractivity contribution in [3.63, 3.8) is 0 Å². The molecule has 0 unspecified atom stereocenters. The molecule has 2 N–H and O–H groups in total. The van der Waals surface area contributed by atoms with Crippen LogP contribution >= 0.6 is 39.6 Å². The number of rotatable bonds is 10. The van der Waals surface area contributed by atoms with Crippen LogP contribution in [0.2, 0.25) is 0 Å². The van der Waals surface area contributed by atoms with Gasteiger partial charge in [0, 0.05) is 0 Å². The number of esters is 2. The van der Waals surface area contributed by atoms with E-state index in [0.717, 1.165) is 14.2 Å². The number of hydrogen-bond donors (Lipinski definition) is 2. The Balaban J connectivity index is 0.000000380. The van der Waals surface area contributed by atoms with Crippen molar-refractivity contribution >= 4 is 71.6 Å². The van der Waals surface area contributed by atoms with E-state index in [1.165, 1.54) is 62.4 Å². The van der Waals surface area contributed by atoms with Gasteiger partial charge in [0.15, 0.2) is 0 Å². The van der Waals surface area contributed by atoms with Crippen molar-refractivity contribution in [2.24, 2.45) is 0 Å². The van der Waals surface area contributed by atoms with Gasteiger partial charge in [-0.05, 0) is 38.1 Å². The lowest BCUT2D eigenvalue weighted by atomic mass is 10.4. The monoisotopic (exact) mass is 802 g/mol. The van der Waals surface area contributed by atoms with Crippen LogP contribution < -0.4 is 9.44 Å². The summed E-state index contributed by atoms with van der Waals surface area (Å²) in [6.45, 7) is 2.60. The molecule has 0 spiro atoms. The highest BCUT2D eigenvalue weighted by Crippen LogP contribution is 2.26. The van der Waals surface area contributed by atoms with Crippen molar-refractivity contribution in [2.45, 2.75) is 35.7 Å². The molecule has 0 bridgehead atoms. The molecule has 0 saturated heterocycles. The zero-order chi connectivity index (χ0) is 29.3. The van der Waals surface area contributed by atoms with Crippen molar-refractivity contribution in [2.75, 3.05) is 14.2 Å². The summed E-state index contributed by atoms with van der Waals surface area (Å²) in [5.74, 6) is -1.53. The molecule has 2 atom stereocenters. The van der Waals surface area contributed by atoms with E-state index in [4.69, 9.17) is 0 Å². The van der Waals surface area contributed by atoms with E-state index in [1.54, 1.807) is 0 Å². The molecule has 0 aromatic heterocycles. The first-order valence-electron chi connectivity index (χ1n) is 10.1. The van der Waals surface area contributed by atoms with E-state index in [2.05, 4.69) is 18.9 Å². The summed E-state index contributed by atoms with van der Waals surface area (Å²) < 4.78 is 105. The predicted molar refractivity (Wildman–Crippen MR) is 145 cm³/mol. The van der Waals surface area contributed by atoms with Gasteiger partial charge in [0.05, 0.1) is 21.4 Å². The number of hydrogen-bond acceptors (Lipinski definition) is 12. The molecular formula is C20H24I2N2O12S2. The van der Waals surface area contributed by atoms with Crippen LogP contribution in [0.5, 0.6) is 0 Å². The van der Waals surface area contributed by atoms with Gasteiger partial charge in [-0.15, -0.1) is 0 Å². The Kier molecular flexibility index (Phi) is 13.3. The lowest BCUT2D eigenvalue weighted by molar-refractivity contribution is -0.142. The fourth-order valence-corrected chi connectivity index (χ4v) is 9.98. The predicted octanol–water partition coefficient (Wildman–Crippen LogP) is 1.79. The number of carbonyl (C=O) groups is 2. The number of sulfonamides is 2. The Bertz CT molecular complexity index is 1400. The molecule has 38 heavy (non-hydrogen) atoms. The highest BCUT2D eigenvalue weighted by Gasteiger charge is 2.27. The lowest BCUT2D eigenvalue weighted by Crippen LogP contribution is -2.39. The van der Waals surface area contributed by atoms with Crippen LogP contribution in [0.4, 0.5) is 0 Å². The molecule has 0 aliphatic rings. The molecular weight excluding hydrogens is 778 g/mol. The first-order valence-corrected chi connectivity index (χ1v) is 18.7. The molecule has 0 aliphatic heterocycles. The highest BCUT2D eigenvalue weighted by atomic mass is 127. The van der Waals surface area contributed by atoms with Gasteiger partial charge in [-0.2, -0.15) is 9.44 Å². The Morgan fingerprint density at radius 1 is 0.658 bits per heavy atom. The Labute approximate surface area is 233 Å². The third kappa shape index (κ3) is 9.55. The SMILES string of the molecule is COC(=O)[C@H](C)NS(=O)(=O)c1ccccc1I(=O)=O.COC(=O)[C@H](C)NS(=O)(=O)c1ccccc1I(=O)=O. The largest absolute Gasteiger partial charge is 0.468 e. The zero-order valence-corrected chi connectivity index (χ0v) is 26.2. The van der Waals surface area contributed by atoms with Gasteiger partial charge in [-0.25, -0.2) is 29.1 Å². The summed E-state index contributed by atoms with van der Waals surface area (Å²) in [5, 5.41) is 0. The minimum Gasteiger partial charge on any atom is -0.468 e. The summed E-state index contributed by atoms with van der Waals surface area (Å²) >= 11 is -7.91. The number of benzene rings is 2. The maximum Gasteiger partial charge on any atom is 0.342 e. The van der Waals surface area contributed by atoms with E-state index in [9.17, 15) is 38.7 Å². The molecule has 0 aliphatic carbocycles. The van der Waals surface area contributed by atoms with E-state index in [-0.39, 0.29) is 16.9 Å². The topological polar surface area (TPSA) is 213 Å². The van der Waals surface area contributed by atoms with Crippen molar-refractivity contribution in [1.29, 1.82) is 0 Å². The van der Waals surface area contributed by atoms with Gasteiger partial charge < -0.3 is 9.47 Å². The van der Waals surface area contributed by atoms with Gasteiger partial charge >= 0.3 is 51.5 Å². The van der Waals surface area contributed by atoms with Gasteiger partial charge in [-0.1, -0.05) is 24.3 Å². The van der Waals surface area contributed by atoms with Crippen LogP contribution in [0.1, 0.15) is 13.8 Å². The standard InChI is InChI=1S/2C10H12INO6S/c2*1-7(10(13)18-2)12-19(16,17)9-6-4-3-5-8(9)11(14)15/h2*3-7,12H,1-2H3/t2*7-/m00/s1. The third-order valence-electron chi connectivity index (χ3n) is 4.36. The molecule has 0 radical (unpaired) electrons. The number of halogens is 2. The molecule has 0 fully saturated rings. The first kappa shape index (κ1) is 33.9. The van der Waals surface area contributed by atoms with Crippen LogP contribution in [0.25, 0.3) is 0 Å². The molecule has 2 aromatic rings. The Morgan fingerprint density at radius 2 is 0.947 bits per heavy atom. The maximum absolute atomic E-state index is 12.0. The highest BCUT2D eigenvalue weighted by molar-refractivity contribution is 14.2. The molecule has 18 heteroatoms. The fourth-order valence-electron chi connectivity index (χ4n) is 2.62. The summed E-state index contributed by atoms with van der Waals surface area (Å²) in [4.78, 5) is 21.6. The van der Waals surface area contributed by atoms with Crippen LogP contribution in [0, 0.1) is 7.14 Å². The zero-order valence-electron chi connectivity index (χ0n) is 20.2. The second-order valence-corrected chi connectivity index (χ2v) is 15.2. The average Bonchev–Trinajstić information content (AvgIpc) is 2.87. The summed E-state index contributed by atoms with van der Waals surface area (Å²) in [6, 6.07) is 8.21. The number of carbonyl (C=O) groups excluding carboxylic acids is 2. The van der Waals surface area contributed by atoms with Crippen molar-refractivity contribution in [3.05, 3.63) is 55.7 Å². The van der Waals surface area contributed by atoms with E-state index < -0.39 is 83.7 Å². The minimum atomic E-state index is -4.10. The smallest absolute Gasteiger partial charge is 0.342 e. The van der Waals surface area contributed by atoms with Crippen molar-refractivity contribution in [1.82, 2.24) is 9.44 Å². The molecule has 0 saturated carbocycles. The van der Waals surface area contributed by atoms with Crippen LogP contribution in [-0.4, -0.2) is 55.1 Å². The quantitative estimate of drug-likeness (QED) is 0.260. The number of nitrogens with one attached hydrogen (secondary N) is 2. The Hall–Kier alpha value is -2.14. The molecule has 14 nitrogen and oxygen atoms in total. The van der Waals surface area contributed by atoms with Gasteiger partial charge in [-0.3, -0.25) is 9.59 Å². The van der Waals surface area contributed by atoms with Crippen LogP contribution in [-0.2, 0) is 51.4 Å². The first-order chi connectivity index (χ1) is 17.6. The van der Waals surface area contributed by atoms with Crippen LogP contribution in [0.3, 0.4) is 0 Å². The van der Waals surface area contributed by atoms with E-state index >= 15 is 0 Å². The summed E-state index contributed by atoms with van der Waals surface area (Å²) in [6.07, 6.45) is 0. The average molecular weight is 802 g/mol.